The number of sulfonamides is 1. The van der Waals surface area contributed by atoms with Crippen LogP contribution in [0.15, 0.2) is 23.6 Å². The Bertz CT molecular complexity index is 618. The van der Waals surface area contributed by atoms with Crippen LogP contribution in [0.25, 0.3) is 0 Å². The fourth-order valence-corrected chi connectivity index (χ4v) is 3.07. The molecular formula is C10H16N6O2S. The summed E-state index contributed by atoms with van der Waals surface area (Å²) in [7, 11) is -1.90. The van der Waals surface area contributed by atoms with Crippen molar-refractivity contribution in [3.8, 4) is 0 Å². The zero-order valence-corrected chi connectivity index (χ0v) is 11.5. The third kappa shape index (κ3) is 3.00. The van der Waals surface area contributed by atoms with Gasteiger partial charge in [-0.15, -0.1) is 0 Å². The minimum Gasteiger partial charge on any atom is -0.316 e. The van der Waals surface area contributed by atoms with Gasteiger partial charge in [0, 0.05) is 29.9 Å². The molecule has 4 N–H and O–H groups in total. The lowest BCUT2D eigenvalue weighted by Gasteiger charge is -2.12. The molecule has 0 aliphatic heterocycles. The number of nitrogens with one attached hydrogen (secondary N) is 4. The predicted octanol–water partition coefficient (Wildman–Crippen LogP) is -0.108. The van der Waals surface area contributed by atoms with Crippen LogP contribution in [0, 0.1) is 0 Å². The van der Waals surface area contributed by atoms with Crippen molar-refractivity contribution in [2.45, 2.75) is 24.5 Å². The molecule has 2 aromatic heterocycles. The van der Waals surface area contributed by atoms with Gasteiger partial charge < -0.3 is 5.32 Å². The first-order chi connectivity index (χ1) is 9.04. The second-order valence-electron chi connectivity index (χ2n) is 4.13. The smallest absolute Gasteiger partial charge is 0.258 e. The average Bonchev–Trinajstić information content (AvgIpc) is 2.99. The fraction of sp³-hybridized carbons (Fsp3) is 0.400. The molecule has 0 spiro atoms. The zero-order chi connectivity index (χ0) is 13.9. The van der Waals surface area contributed by atoms with E-state index in [2.05, 4.69) is 30.4 Å². The van der Waals surface area contributed by atoms with Crippen molar-refractivity contribution in [2.75, 3.05) is 7.05 Å². The first-order valence-electron chi connectivity index (χ1n) is 5.72. The topological polar surface area (TPSA) is 116 Å². The van der Waals surface area contributed by atoms with E-state index in [1.54, 1.807) is 26.4 Å². The summed E-state index contributed by atoms with van der Waals surface area (Å²) in [6.45, 7) is 2.17. The van der Waals surface area contributed by atoms with Crippen molar-refractivity contribution < 1.29 is 8.42 Å². The molecule has 2 heterocycles. The van der Waals surface area contributed by atoms with Crippen LogP contribution in [-0.4, -0.2) is 35.9 Å². The zero-order valence-electron chi connectivity index (χ0n) is 10.6. The number of aromatic amines is 2. The highest BCUT2D eigenvalue weighted by Crippen LogP contribution is 2.16. The Morgan fingerprint density at radius 3 is 2.79 bits per heavy atom. The monoisotopic (exact) mass is 284 g/mol. The summed E-state index contributed by atoms with van der Waals surface area (Å²) in [5.41, 5.74) is 1.35. The molecule has 1 unspecified atom stereocenters. The van der Waals surface area contributed by atoms with E-state index in [0.717, 1.165) is 5.56 Å². The van der Waals surface area contributed by atoms with Crippen molar-refractivity contribution in [1.82, 2.24) is 30.4 Å². The highest BCUT2D eigenvalue weighted by molar-refractivity contribution is 7.89. The van der Waals surface area contributed by atoms with Crippen molar-refractivity contribution in [1.29, 1.82) is 0 Å². The van der Waals surface area contributed by atoms with E-state index >= 15 is 0 Å². The molecule has 1 atom stereocenters. The number of hydrogen-bond donors (Lipinski definition) is 4. The van der Waals surface area contributed by atoms with Gasteiger partial charge in [-0.1, -0.05) is 0 Å². The number of H-pyrrole nitrogens is 2. The van der Waals surface area contributed by atoms with Crippen molar-refractivity contribution in [2.24, 2.45) is 0 Å². The molecule has 0 fully saturated rings. The van der Waals surface area contributed by atoms with E-state index in [0.29, 0.717) is 12.1 Å². The van der Waals surface area contributed by atoms with Crippen LogP contribution in [0.5, 0.6) is 0 Å². The van der Waals surface area contributed by atoms with Crippen molar-refractivity contribution >= 4 is 10.0 Å². The van der Waals surface area contributed by atoms with Crippen LogP contribution in [0.3, 0.4) is 0 Å². The number of rotatable bonds is 6. The van der Waals surface area contributed by atoms with Gasteiger partial charge in [0.25, 0.3) is 10.0 Å². The third-order valence-electron chi connectivity index (χ3n) is 2.67. The molecule has 0 radical (unpaired) electrons. The summed E-state index contributed by atoms with van der Waals surface area (Å²) in [6, 6.07) is -0.380. The Kier molecular flexibility index (Phi) is 3.98. The lowest BCUT2D eigenvalue weighted by atomic mass is 10.2. The second kappa shape index (κ2) is 5.51. The molecule has 9 heteroatoms. The summed E-state index contributed by atoms with van der Waals surface area (Å²) < 4.78 is 27.1. The number of aromatic nitrogens is 4. The standard InChI is InChI=1S/C10H16N6O2S/c1-7(8-4-12-13-5-8)16-19(17,18)10-9(3-11-2)6-14-15-10/h4-7,11,16H,3H2,1-2H3,(H,12,13)(H,14,15). The summed E-state index contributed by atoms with van der Waals surface area (Å²) in [4.78, 5) is 0. The minimum absolute atomic E-state index is 0.0807. The van der Waals surface area contributed by atoms with Gasteiger partial charge in [-0.25, -0.2) is 13.1 Å². The highest BCUT2D eigenvalue weighted by Gasteiger charge is 2.23. The Morgan fingerprint density at radius 2 is 2.16 bits per heavy atom. The number of nitrogens with zero attached hydrogens (tertiary/aromatic N) is 2. The molecule has 0 bridgehead atoms. The SMILES string of the molecule is CNCc1cn[nH]c1S(=O)(=O)NC(C)c1cn[nH]c1. The van der Waals surface area contributed by atoms with E-state index in [4.69, 9.17) is 0 Å². The van der Waals surface area contributed by atoms with Gasteiger partial charge in [-0.05, 0) is 14.0 Å². The van der Waals surface area contributed by atoms with E-state index in [1.165, 1.54) is 6.20 Å². The molecule has 2 aromatic rings. The Morgan fingerprint density at radius 1 is 1.37 bits per heavy atom. The number of hydrogen-bond acceptors (Lipinski definition) is 5. The van der Waals surface area contributed by atoms with E-state index in [1.807, 2.05) is 0 Å². The Labute approximate surface area is 111 Å². The van der Waals surface area contributed by atoms with Gasteiger partial charge in [-0.2, -0.15) is 10.2 Å². The van der Waals surface area contributed by atoms with Gasteiger partial charge in [0.1, 0.15) is 0 Å². The van der Waals surface area contributed by atoms with Crippen LogP contribution >= 0.6 is 0 Å². The summed E-state index contributed by atoms with van der Waals surface area (Å²) in [6.07, 6.45) is 4.72. The maximum absolute atomic E-state index is 12.3. The van der Waals surface area contributed by atoms with Crippen LogP contribution in [0.4, 0.5) is 0 Å². The second-order valence-corrected chi connectivity index (χ2v) is 5.78. The van der Waals surface area contributed by atoms with Crippen molar-refractivity contribution in [3.05, 3.63) is 29.7 Å². The normalized spacial score (nSPS) is 13.6. The molecule has 8 nitrogen and oxygen atoms in total. The quantitative estimate of drug-likeness (QED) is 0.591. The van der Waals surface area contributed by atoms with E-state index in [9.17, 15) is 8.42 Å². The van der Waals surface area contributed by atoms with Gasteiger partial charge >= 0.3 is 0 Å². The Hall–Kier alpha value is -1.71. The lowest BCUT2D eigenvalue weighted by Crippen LogP contribution is -2.28. The van der Waals surface area contributed by atoms with E-state index in [-0.39, 0.29) is 11.1 Å². The molecule has 0 amide bonds. The molecular weight excluding hydrogens is 268 g/mol. The molecule has 104 valence electrons. The summed E-state index contributed by atoms with van der Waals surface area (Å²) >= 11 is 0. The summed E-state index contributed by atoms with van der Waals surface area (Å²) in [5, 5.41) is 15.7. The first kappa shape index (κ1) is 13.7. The van der Waals surface area contributed by atoms with Gasteiger partial charge in [0.2, 0.25) is 0 Å². The molecule has 0 aliphatic carbocycles. The van der Waals surface area contributed by atoms with E-state index < -0.39 is 10.0 Å². The maximum Gasteiger partial charge on any atom is 0.258 e. The predicted molar refractivity (Wildman–Crippen MR) is 68.7 cm³/mol. The fourth-order valence-electron chi connectivity index (χ4n) is 1.71. The van der Waals surface area contributed by atoms with Crippen LogP contribution in [-0.2, 0) is 16.6 Å². The first-order valence-corrected chi connectivity index (χ1v) is 7.20. The van der Waals surface area contributed by atoms with Gasteiger partial charge in [0.05, 0.1) is 12.4 Å². The molecule has 0 saturated carbocycles. The van der Waals surface area contributed by atoms with Crippen molar-refractivity contribution in [3.63, 3.8) is 0 Å². The van der Waals surface area contributed by atoms with Crippen LogP contribution < -0.4 is 10.0 Å². The molecule has 19 heavy (non-hydrogen) atoms. The van der Waals surface area contributed by atoms with Gasteiger partial charge in [0.15, 0.2) is 5.03 Å². The molecule has 0 saturated heterocycles. The maximum atomic E-state index is 12.3. The Balaban J connectivity index is 2.20. The minimum atomic E-state index is -3.64. The lowest BCUT2D eigenvalue weighted by molar-refractivity contribution is 0.561. The molecule has 0 aliphatic rings. The third-order valence-corrected chi connectivity index (χ3v) is 4.22. The summed E-state index contributed by atoms with van der Waals surface area (Å²) in [5.74, 6) is 0. The largest absolute Gasteiger partial charge is 0.316 e. The molecule has 2 rings (SSSR count). The van der Waals surface area contributed by atoms with Gasteiger partial charge in [-0.3, -0.25) is 10.2 Å². The average molecular weight is 284 g/mol. The van der Waals surface area contributed by atoms with Crippen LogP contribution in [0.1, 0.15) is 24.1 Å². The molecule has 0 aromatic carbocycles. The highest BCUT2D eigenvalue weighted by atomic mass is 32.2. The van der Waals surface area contributed by atoms with Crippen LogP contribution in [0.2, 0.25) is 0 Å².